The molecule has 0 spiro atoms. The lowest BCUT2D eigenvalue weighted by molar-refractivity contribution is -0.120. The molecular formula is C16H17BrN2O. The Bertz CT molecular complexity index is 572. The van der Waals surface area contributed by atoms with Gasteiger partial charge >= 0.3 is 0 Å². The Hall–Kier alpha value is -1.81. The molecule has 0 aliphatic carbocycles. The van der Waals surface area contributed by atoms with E-state index in [1.54, 1.807) is 0 Å². The molecule has 20 heavy (non-hydrogen) atoms. The van der Waals surface area contributed by atoms with Gasteiger partial charge < -0.3 is 10.6 Å². The number of rotatable bonds is 5. The van der Waals surface area contributed by atoms with Gasteiger partial charge in [0, 0.05) is 10.2 Å². The fraction of sp³-hybridized carbons (Fsp3) is 0.188. The molecule has 4 heteroatoms. The van der Waals surface area contributed by atoms with Crippen LogP contribution < -0.4 is 10.6 Å². The number of carbonyl (C=O) groups excluding carboxylic acids is 1. The molecule has 2 rings (SSSR count). The first-order valence-corrected chi connectivity index (χ1v) is 7.28. The zero-order valence-corrected chi connectivity index (χ0v) is 12.9. The van der Waals surface area contributed by atoms with Gasteiger partial charge in [0.2, 0.25) is 5.91 Å². The van der Waals surface area contributed by atoms with Crippen molar-refractivity contribution in [3.05, 3.63) is 64.6 Å². The summed E-state index contributed by atoms with van der Waals surface area (Å²) in [5, 5.41) is 6.06. The highest BCUT2D eigenvalue weighted by Crippen LogP contribution is 2.17. The summed E-state index contributed by atoms with van der Waals surface area (Å²) in [4.78, 5) is 11.9. The summed E-state index contributed by atoms with van der Waals surface area (Å²) in [6.07, 6.45) is 0. The van der Waals surface area contributed by atoms with Gasteiger partial charge in [-0.15, -0.1) is 0 Å². The highest BCUT2D eigenvalue weighted by Gasteiger charge is 2.09. The average Bonchev–Trinajstić information content (AvgIpc) is 2.46. The zero-order valence-electron chi connectivity index (χ0n) is 11.3. The van der Waals surface area contributed by atoms with E-state index < -0.39 is 0 Å². The molecule has 1 atom stereocenters. The maximum Gasteiger partial charge on any atom is 0.239 e. The van der Waals surface area contributed by atoms with Crippen LogP contribution in [-0.2, 0) is 4.79 Å². The molecule has 2 aromatic carbocycles. The monoisotopic (exact) mass is 332 g/mol. The lowest BCUT2D eigenvalue weighted by Gasteiger charge is -2.15. The second-order valence-corrected chi connectivity index (χ2v) is 5.48. The number of anilines is 1. The van der Waals surface area contributed by atoms with Crippen molar-refractivity contribution in [2.75, 3.05) is 11.9 Å². The van der Waals surface area contributed by atoms with E-state index in [0.717, 1.165) is 15.7 Å². The molecule has 1 amide bonds. The molecular weight excluding hydrogens is 316 g/mol. The third-order valence-electron chi connectivity index (χ3n) is 2.95. The Balaban J connectivity index is 1.85. The van der Waals surface area contributed by atoms with E-state index in [9.17, 15) is 4.79 Å². The van der Waals surface area contributed by atoms with Gasteiger partial charge in [-0.05, 0) is 36.8 Å². The third-order valence-corrected chi connectivity index (χ3v) is 3.45. The van der Waals surface area contributed by atoms with E-state index in [-0.39, 0.29) is 18.5 Å². The summed E-state index contributed by atoms with van der Waals surface area (Å²) < 4.78 is 1.01. The molecule has 0 aliphatic heterocycles. The highest BCUT2D eigenvalue weighted by molar-refractivity contribution is 9.10. The smallest absolute Gasteiger partial charge is 0.239 e. The van der Waals surface area contributed by atoms with E-state index in [1.807, 2.05) is 61.5 Å². The molecule has 0 heterocycles. The Kier molecular flexibility index (Phi) is 5.18. The van der Waals surface area contributed by atoms with Crippen LogP contribution in [0.3, 0.4) is 0 Å². The van der Waals surface area contributed by atoms with Gasteiger partial charge in [-0.25, -0.2) is 0 Å². The minimum absolute atomic E-state index is 0.0161. The molecule has 0 bridgehead atoms. The van der Waals surface area contributed by atoms with Crippen molar-refractivity contribution < 1.29 is 4.79 Å². The number of para-hydroxylation sites is 1. The minimum atomic E-state index is -0.0265. The number of carbonyl (C=O) groups is 1. The topological polar surface area (TPSA) is 41.1 Å². The first-order chi connectivity index (χ1) is 9.65. The normalized spacial score (nSPS) is 11.7. The summed E-state index contributed by atoms with van der Waals surface area (Å²) in [7, 11) is 0. The third kappa shape index (κ3) is 4.38. The summed E-state index contributed by atoms with van der Waals surface area (Å²) in [5.74, 6) is -0.0265. The van der Waals surface area contributed by atoms with Gasteiger partial charge in [-0.2, -0.15) is 0 Å². The van der Waals surface area contributed by atoms with Crippen molar-refractivity contribution in [2.45, 2.75) is 13.0 Å². The molecule has 0 aliphatic rings. The largest absolute Gasteiger partial charge is 0.376 e. The van der Waals surface area contributed by atoms with Crippen LogP contribution in [0.1, 0.15) is 18.5 Å². The van der Waals surface area contributed by atoms with Gasteiger partial charge in [0.05, 0.1) is 12.6 Å². The van der Waals surface area contributed by atoms with Gasteiger partial charge in [-0.1, -0.05) is 46.3 Å². The zero-order chi connectivity index (χ0) is 14.4. The number of benzene rings is 2. The van der Waals surface area contributed by atoms with Gasteiger partial charge in [0.15, 0.2) is 0 Å². The van der Waals surface area contributed by atoms with Crippen molar-refractivity contribution in [3.8, 4) is 0 Å². The standard InChI is InChI=1S/C16H17BrN2O/c1-12(13-6-5-7-14(17)10-13)19-16(20)11-18-15-8-3-2-4-9-15/h2-10,12,18H,11H2,1H3,(H,19,20). The molecule has 0 aromatic heterocycles. The predicted molar refractivity (Wildman–Crippen MR) is 85.6 cm³/mol. The van der Waals surface area contributed by atoms with Crippen LogP contribution >= 0.6 is 15.9 Å². The molecule has 104 valence electrons. The van der Waals surface area contributed by atoms with E-state index >= 15 is 0 Å². The molecule has 3 nitrogen and oxygen atoms in total. The average molecular weight is 333 g/mol. The molecule has 0 radical (unpaired) electrons. The van der Waals surface area contributed by atoms with Gasteiger partial charge in [-0.3, -0.25) is 4.79 Å². The van der Waals surface area contributed by atoms with Crippen LogP contribution in [0.15, 0.2) is 59.1 Å². The SMILES string of the molecule is CC(NC(=O)CNc1ccccc1)c1cccc(Br)c1. The Labute approximate surface area is 127 Å². The van der Waals surface area contributed by atoms with Crippen LogP contribution in [0.25, 0.3) is 0 Å². The lowest BCUT2D eigenvalue weighted by Crippen LogP contribution is -2.32. The minimum Gasteiger partial charge on any atom is -0.376 e. The van der Waals surface area contributed by atoms with Gasteiger partial charge in [0.1, 0.15) is 0 Å². The number of amides is 1. The maximum atomic E-state index is 11.9. The van der Waals surface area contributed by atoms with E-state index in [0.29, 0.717) is 0 Å². The Morgan fingerprint density at radius 2 is 1.90 bits per heavy atom. The molecule has 2 aromatic rings. The predicted octanol–water partition coefficient (Wildman–Crippen LogP) is 3.74. The summed E-state index contributed by atoms with van der Waals surface area (Å²) in [6, 6.07) is 17.6. The highest BCUT2D eigenvalue weighted by atomic mass is 79.9. The van der Waals surface area contributed by atoms with Crippen molar-refractivity contribution in [3.63, 3.8) is 0 Å². The first-order valence-electron chi connectivity index (χ1n) is 6.49. The maximum absolute atomic E-state index is 11.9. The van der Waals surface area contributed by atoms with Crippen LogP contribution in [0, 0.1) is 0 Å². The van der Waals surface area contributed by atoms with Crippen molar-refractivity contribution in [1.82, 2.24) is 5.32 Å². The van der Waals surface area contributed by atoms with Crippen molar-refractivity contribution >= 4 is 27.5 Å². The van der Waals surface area contributed by atoms with Crippen LogP contribution in [0.2, 0.25) is 0 Å². The lowest BCUT2D eigenvalue weighted by atomic mass is 10.1. The molecule has 2 N–H and O–H groups in total. The number of hydrogen-bond acceptors (Lipinski definition) is 2. The number of nitrogens with one attached hydrogen (secondary N) is 2. The fourth-order valence-electron chi connectivity index (χ4n) is 1.89. The van der Waals surface area contributed by atoms with Crippen LogP contribution in [0.4, 0.5) is 5.69 Å². The van der Waals surface area contributed by atoms with Gasteiger partial charge in [0.25, 0.3) is 0 Å². The Morgan fingerprint density at radius 1 is 1.15 bits per heavy atom. The van der Waals surface area contributed by atoms with E-state index in [2.05, 4.69) is 26.6 Å². The summed E-state index contributed by atoms with van der Waals surface area (Å²) in [6.45, 7) is 2.24. The number of hydrogen-bond donors (Lipinski definition) is 2. The quantitative estimate of drug-likeness (QED) is 0.875. The second-order valence-electron chi connectivity index (χ2n) is 4.56. The van der Waals surface area contributed by atoms with Crippen molar-refractivity contribution in [1.29, 1.82) is 0 Å². The van der Waals surface area contributed by atoms with Crippen molar-refractivity contribution in [2.24, 2.45) is 0 Å². The summed E-state index contributed by atoms with van der Waals surface area (Å²) in [5.41, 5.74) is 2.02. The molecule has 0 saturated carbocycles. The second kappa shape index (κ2) is 7.10. The van der Waals surface area contributed by atoms with Crippen LogP contribution in [-0.4, -0.2) is 12.5 Å². The van der Waals surface area contributed by atoms with E-state index in [1.165, 1.54) is 0 Å². The first kappa shape index (κ1) is 14.6. The fourth-order valence-corrected chi connectivity index (χ4v) is 2.31. The molecule has 1 unspecified atom stereocenters. The molecule has 0 saturated heterocycles. The van der Waals surface area contributed by atoms with Crippen LogP contribution in [0.5, 0.6) is 0 Å². The molecule has 0 fully saturated rings. The number of halogens is 1. The van der Waals surface area contributed by atoms with E-state index in [4.69, 9.17) is 0 Å². The Morgan fingerprint density at radius 3 is 2.60 bits per heavy atom. The summed E-state index contributed by atoms with van der Waals surface area (Å²) >= 11 is 3.43.